The molecule has 0 bridgehead atoms. The Morgan fingerprint density at radius 1 is 0.885 bits per heavy atom. The fourth-order valence-corrected chi connectivity index (χ4v) is 3.41. The molecule has 4 nitrogen and oxygen atoms in total. The lowest BCUT2D eigenvalue weighted by Crippen LogP contribution is -3.27. The summed E-state index contributed by atoms with van der Waals surface area (Å²) < 4.78 is 5.83. The molecule has 0 radical (unpaired) electrons. The van der Waals surface area contributed by atoms with E-state index in [1.807, 2.05) is 54.6 Å². The average Bonchev–Trinajstić information content (AvgIpc) is 2.70. The van der Waals surface area contributed by atoms with Gasteiger partial charge in [-0.1, -0.05) is 30.3 Å². The molecule has 0 saturated carbocycles. The van der Waals surface area contributed by atoms with E-state index in [-0.39, 0.29) is 5.78 Å². The summed E-state index contributed by atoms with van der Waals surface area (Å²) in [5, 5.41) is 0. The number of rotatable bonds is 8. The molecule has 2 N–H and O–H groups in total. The van der Waals surface area contributed by atoms with Crippen molar-refractivity contribution in [3.8, 4) is 5.75 Å². The summed E-state index contributed by atoms with van der Waals surface area (Å²) >= 11 is 0. The van der Waals surface area contributed by atoms with Gasteiger partial charge in [0.05, 0.1) is 20.2 Å². The van der Waals surface area contributed by atoms with E-state index < -0.39 is 0 Å². The van der Waals surface area contributed by atoms with Crippen molar-refractivity contribution in [2.24, 2.45) is 0 Å². The molecule has 0 atom stereocenters. The lowest BCUT2D eigenvalue weighted by Gasteiger charge is -2.27. The van der Waals surface area contributed by atoms with Gasteiger partial charge in [-0.15, -0.1) is 0 Å². The van der Waals surface area contributed by atoms with Crippen LogP contribution in [-0.4, -0.2) is 52.2 Å². The summed E-state index contributed by atoms with van der Waals surface area (Å²) in [5.41, 5.74) is 1.42. The minimum Gasteiger partial charge on any atom is -0.494 e. The SMILES string of the molecule is C[NH+]1CC[NH+](CCCCOc2ccc(C(=O)c3ccccc3)cc2)CC1. The maximum Gasteiger partial charge on any atom is 0.193 e. The van der Waals surface area contributed by atoms with Gasteiger partial charge in [-0.05, 0) is 37.1 Å². The van der Waals surface area contributed by atoms with E-state index in [9.17, 15) is 4.79 Å². The number of hydrogen-bond acceptors (Lipinski definition) is 2. The summed E-state index contributed by atoms with van der Waals surface area (Å²) in [6.45, 7) is 7.17. The third-order valence-corrected chi connectivity index (χ3v) is 5.16. The molecule has 1 fully saturated rings. The second-order valence-corrected chi connectivity index (χ2v) is 7.23. The Bertz CT molecular complexity index is 677. The van der Waals surface area contributed by atoms with E-state index in [0.29, 0.717) is 11.1 Å². The number of piperazine rings is 1. The number of quaternary nitrogens is 2. The highest BCUT2D eigenvalue weighted by molar-refractivity contribution is 6.08. The molecule has 0 amide bonds. The Balaban J connectivity index is 1.37. The first-order valence-electron chi connectivity index (χ1n) is 9.70. The number of ether oxygens (including phenoxy) is 1. The third kappa shape index (κ3) is 5.41. The fraction of sp³-hybridized carbons (Fsp3) is 0.409. The van der Waals surface area contributed by atoms with Crippen LogP contribution in [0.15, 0.2) is 54.6 Å². The minimum absolute atomic E-state index is 0.0501. The Kier molecular flexibility index (Phi) is 6.81. The van der Waals surface area contributed by atoms with Crippen molar-refractivity contribution < 1.29 is 19.3 Å². The number of nitrogens with one attached hydrogen (secondary N) is 2. The topological polar surface area (TPSA) is 35.2 Å². The fourth-order valence-electron chi connectivity index (χ4n) is 3.41. The predicted octanol–water partition coefficient (Wildman–Crippen LogP) is 0.490. The molecule has 1 aliphatic heterocycles. The molecule has 3 rings (SSSR count). The molecule has 4 heteroatoms. The first-order chi connectivity index (χ1) is 12.7. The minimum atomic E-state index is 0.0501. The van der Waals surface area contributed by atoms with Crippen LogP contribution in [0.2, 0.25) is 0 Å². The van der Waals surface area contributed by atoms with Gasteiger partial charge < -0.3 is 14.5 Å². The first-order valence-corrected chi connectivity index (χ1v) is 9.70. The van der Waals surface area contributed by atoms with Crippen molar-refractivity contribution in [1.82, 2.24) is 0 Å². The molecule has 1 heterocycles. The Morgan fingerprint density at radius 2 is 1.54 bits per heavy atom. The van der Waals surface area contributed by atoms with E-state index in [0.717, 1.165) is 18.8 Å². The van der Waals surface area contributed by atoms with Crippen molar-refractivity contribution in [2.75, 3.05) is 46.4 Å². The van der Waals surface area contributed by atoms with Gasteiger partial charge in [-0.25, -0.2) is 0 Å². The summed E-state index contributed by atoms with van der Waals surface area (Å²) in [7, 11) is 2.28. The van der Waals surface area contributed by atoms with Crippen molar-refractivity contribution in [3.05, 3.63) is 65.7 Å². The molecule has 2 aromatic carbocycles. The van der Waals surface area contributed by atoms with E-state index in [1.54, 1.807) is 9.80 Å². The van der Waals surface area contributed by atoms with Crippen LogP contribution in [-0.2, 0) is 0 Å². The van der Waals surface area contributed by atoms with E-state index in [4.69, 9.17) is 4.74 Å². The van der Waals surface area contributed by atoms with Crippen LogP contribution in [0.5, 0.6) is 5.75 Å². The highest BCUT2D eigenvalue weighted by Crippen LogP contribution is 2.15. The van der Waals surface area contributed by atoms with Crippen LogP contribution in [0.1, 0.15) is 28.8 Å². The quantitative estimate of drug-likeness (QED) is 0.535. The van der Waals surface area contributed by atoms with Gasteiger partial charge in [0.15, 0.2) is 5.78 Å². The molecule has 0 unspecified atom stereocenters. The van der Waals surface area contributed by atoms with Gasteiger partial charge in [-0.3, -0.25) is 4.79 Å². The highest BCUT2D eigenvalue weighted by Gasteiger charge is 2.18. The molecular weight excluding hydrogens is 324 g/mol. The number of carbonyl (C=O) groups is 1. The number of benzene rings is 2. The molecule has 1 saturated heterocycles. The Morgan fingerprint density at radius 3 is 2.23 bits per heavy atom. The number of likely N-dealkylation sites (N-methyl/N-ethyl adjacent to an activating group) is 1. The summed E-state index contributed by atoms with van der Waals surface area (Å²) in [5.74, 6) is 0.888. The number of ketones is 1. The van der Waals surface area contributed by atoms with Crippen molar-refractivity contribution in [1.29, 1.82) is 0 Å². The maximum absolute atomic E-state index is 12.4. The zero-order valence-electron chi connectivity index (χ0n) is 15.7. The van der Waals surface area contributed by atoms with E-state index in [2.05, 4.69) is 7.05 Å². The van der Waals surface area contributed by atoms with Crippen LogP contribution in [0.25, 0.3) is 0 Å². The lowest BCUT2D eigenvalue weighted by atomic mass is 10.0. The Labute approximate surface area is 156 Å². The van der Waals surface area contributed by atoms with Crippen LogP contribution >= 0.6 is 0 Å². The van der Waals surface area contributed by atoms with Gasteiger partial charge >= 0.3 is 0 Å². The highest BCUT2D eigenvalue weighted by atomic mass is 16.5. The smallest absolute Gasteiger partial charge is 0.193 e. The zero-order chi connectivity index (χ0) is 18.2. The van der Waals surface area contributed by atoms with Crippen LogP contribution in [0.4, 0.5) is 0 Å². The molecule has 1 aliphatic rings. The van der Waals surface area contributed by atoms with Crippen LogP contribution < -0.4 is 14.5 Å². The summed E-state index contributed by atoms with van der Waals surface area (Å²) in [6.07, 6.45) is 2.29. The standard InChI is InChI=1S/C22H28N2O2/c1-23-14-16-24(17-15-23)13-5-6-18-26-21-11-9-20(10-12-21)22(25)19-7-3-2-4-8-19/h2-4,7-12H,5-6,13-18H2,1H3/p+2. The Hall–Kier alpha value is -2.17. The summed E-state index contributed by atoms with van der Waals surface area (Å²) in [6, 6.07) is 16.9. The van der Waals surface area contributed by atoms with Gasteiger partial charge in [0, 0.05) is 11.1 Å². The normalized spacial score (nSPS) is 19.9. The monoisotopic (exact) mass is 354 g/mol. The number of hydrogen-bond donors (Lipinski definition) is 2. The van der Waals surface area contributed by atoms with Crippen molar-refractivity contribution in [3.63, 3.8) is 0 Å². The number of carbonyl (C=O) groups excluding carboxylic acids is 1. The second kappa shape index (κ2) is 9.51. The summed E-state index contributed by atoms with van der Waals surface area (Å²) in [4.78, 5) is 15.8. The molecular formula is C22H30N2O2+2. The van der Waals surface area contributed by atoms with Gasteiger partial charge in [-0.2, -0.15) is 0 Å². The molecule has 0 aromatic heterocycles. The molecule has 2 aromatic rings. The van der Waals surface area contributed by atoms with E-state index >= 15 is 0 Å². The van der Waals surface area contributed by atoms with Crippen LogP contribution in [0, 0.1) is 0 Å². The first kappa shape index (κ1) is 18.6. The molecule has 0 aliphatic carbocycles. The van der Waals surface area contributed by atoms with Crippen molar-refractivity contribution >= 4 is 5.78 Å². The van der Waals surface area contributed by atoms with Crippen LogP contribution in [0.3, 0.4) is 0 Å². The molecule has 26 heavy (non-hydrogen) atoms. The largest absolute Gasteiger partial charge is 0.494 e. The molecule has 0 spiro atoms. The second-order valence-electron chi connectivity index (χ2n) is 7.23. The van der Waals surface area contributed by atoms with Crippen molar-refractivity contribution in [2.45, 2.75) is 12.8 Å². The van der Waals surface area contributed by atoms with Gasteiger partial charge in [0.25, 0.3) is 0 Å². The molecule has 138 valence electrons. The van der Waals surface area contributed by atoms with E-state index in [1.165, 1.54) is 39.1 Å². The maximum atomic E-state index is 12.4. The number of unbranched alkanes of at least 4 members (excludes halogenated alkanes) is 1. The average molecular weight is 354 g/mol. The van der Waals surface area contributed by atoms with Gasteiger partial charge in [0.2, 0.25) is 0 Å². The predicted molar refractivity (Wildman–Crippen MR) is 103 cm³/mol. The van der Waals surface area contributed by atoms with Gasteiger partial charge in [0.1, 0.15) is 31.9 Å². The third-order valence-electron chi connectivity index (χ3n) is 5.16. The zero-order valence-corrected chi connectivity index (χ0v) is 15.7. The lowest BCUT2D eigenvalue weighted by molar-refractivity contribution is -1.00.